The van der Waals surface area contributed by atoms with Gasteiger partial charge in [0.1, 0.15) is 0 Å². The first kappa shape index (κ1) is 26.7. The number of rotatable bonds is 8. The van der Waals surface area contributed by atoms with Gasteiger partial charge in [-0.1, -0.05) is 27.7 Å². The number of aliphatic carboxylic acids is 2. The Labute approximate surface area is 137 Å². The molecule has 0 aromatic heterocycles. The number of hydrogen-bond acceptors (Lipinski definition) is 6. The quantitative estimate of drug-likeness (QED) is 0.278. The van der Waals surface area contributed by atoms with Crippen molar-refractivity contribution in [3.8, 4) is 0 Å². The fraction of sp³-hybridized carbons (Fsp3) is 0.867. The van der Waals surface area contributed by atoms with Crippen LogP contribution < -0.4 is 0 Å². The minimum Gasteiger partial charge on any atom is -0.481 e. The van der Waals surface area contributed by atoms with E-state index in [2.05, 4.69) is 0 Å². The molecule has 8 heteroatoms. The van der Waals surface area contributed by atoms with E-state index in [4.69, 9.17) is 30.6 Å². The predicted octanol–water partition coefficient (Wildman–Crippen LogP) is 0.666. The molecule has 8 nitrogen and oxygen atoms in total. The third-order valence-corrected chi connectivity index (χ3v) is 2.48. The standard InChI is InChI=1S/C6H10O4.C5H12O2.C4H10O2/c7-5(8)3-1-2-4-6(9)10;1-5(2,3-6)4-7;1-3(2)4(5)6/h1-4H2,(H,7,8)(H,9,10);6-7H,3-4H2,1-2H3;3-6H,1-2H3. The van der Waals surface area contributed by atoms with Gasteiger partial charge < -0.3 is 30.6 Å². The number of hydrogen-bond donors (Lipinski definition) is 6. The van der Waals surface area contributed by atoms with Crippen molar-refractivity contribution >= 4 is 11.9 Å². The second-order valence-corrected chi connectivity index (χ2v) is 6.13. The van der Waals surface area contributed by atoms with Gasteiger partial charge in [0.25, 0.3) is 0 Å². The molecule has 6 N–H and O–H groups in total. The lowest BCUT2D eigenvalue weighted by Gasteiger charge is -2.16. The van der Waals surface area contributed by atoms with Crippen LogP contribution in [0.5, 0.6) is 0 Å². The van der Waals surface area contributed by atoms with Crippen LogP contribution in [0.3, 0.4) is 0 Å². The molecule has 0 amide bonds. The maximum absolute atomic E-state index is 9.90. The largest absolute Gasteiger partial charge is 0.481 e. The summed E-state index contributed by atoms with van der Waals surface area (Å²) in [5, 5.41) is 49.5. The summed E-state index contributed by atoms with van der Waals surface area (Å²) >= 11 is 0. The van der Waals surface area contributed by atoms with E-state index in [1.54, 1.807) is 27.7 Å². The zero-order valence-electron chi connectivity index (χ0n) is 14.4. The van der Waals surface area contributed by atoms with Gasteiger partial charge in [-0.25, -0.2) is 0 Å². The monoisotopic (exact) mass is 340 g/mol. The predicted molar refractivity (Wildman–Crippen MR) is 84.8 cm³/mol. The number of aliphatic hydroxyl groups is 4. The van der Waals surface area contributed by atoms with Crippen molar-refractivity contribution in [2.24, 2.45) is 11.3 Å². The van der Waals surface area contributed by atoms with Crippen molar-refractivity contribution in [1.29, 1.82) is 0 Å². The molecule has 140 valence electrons. The van der Waals surface area contributed by atoms with Crippen molar-refractivity contribution in [3.63, 3.8) is 0 Å². The lowest BCUT2D eigenvalue weighted by molar-refractivity contribution is -0.139. The Bertz CT molecular complexity index is 272. The first-order valence-corrected chi connectivity index (χ1v) is 7.41. The van der Waals surface area contributed by atoms with E-state index in [9.17, 15) is 9.59 Å². The summed E-state index contributed by atoms with van der Waals surface area (Å²) in [6.07, 6.45) is -0.130. The van der Waals surface area contributed by atoms with Gasteiger partial charge in [-0.3, -0.25) is 9.59 Å². The summed E-state index contributed by atoms with van der Waals surface area (Å²) in [5.74, 6) is -1.78. The van der Waals surface area contributed by atoms with Gasteiger partial charge in [0, 0.05) is 24.2 Å². The van der Waals surface area contributed by atoms with Gasteiger partial charge in [0.2, 0.25) is 0 Å². The van der Waals surface area contributed by atoms with E-state index in [1.807, 2.05) is 0 Å². The molecule has 0 unspecified atom stereocenters. The smallest absolute Gasteiger partial charge is 0.303 e. The molecule has 0 heterocycles. The van der Waals surface area contributed by atoms with Crippen molar-refractivity contribution in [1.82, 2.24) is 0 Å². The van der Waals surface area contributed by atoms with Gasteiger partial charge in [0.05, 0.1) is 13.2 Å². The van der Waals surface area contributed by atoms with E-state index in [1.165, 1.54) is 0 Å². The van der Waals surface area contributed by atoms with Crippen molar-refractivity contribution in [3.05, 3.63) is 0 Å². The van der Waals surface area contributed by atoms with Crippen LogP contribution in [0.2, 0.25) is 0 Å². The minimum atomic E-state index is -1.15. The third kappa shape index (κ3) is 29.4. The highest BCUT2D eigenvalue weighted by molar-refractivity contribution is 5.67. The highest BCUT2D eigenvalue weighted by Gasteiger charge is 2.13. The topological polar surface area (TPSA) is 156 Å². The molecule has 0 atom stereocenters. The van der Waals surface area contributed by atoms with Crippen LogP contribution >= 0.6 is 0 Å². The number of aliphatic hydroxyl groups excluding tert-OH is 3. The molecule has 0 saturated heterocycles. The minimum absolute atomic E-state index is 0.0370. The van der Waals surface area contributed by atoms with Gasteiger partial charge in [0.15, 0.2) is 6.29 Å². The first-order valence-electron chi connectivity index (χ1n) is 7.41. The van der Waals surface area contributed by atoms with E-state index in [0.29, 0.717) is 12.8 Å². The normalized spacial score (nSPS) is 10.5. The maximum Gasteiger partial charge on any atom is 0.303 e. The van der Waals surface area contributed by atoms with Gasteiger partial charge in [-0.05, 0) is 12.8 Å². The summed E-state index contributed by atoms with van der Waals surface area (Å²) in [6.45, 7) is 7.17. The van der Waals surface area contributed by atoms with Crippen LogP contribution in [0.1, 0.15) is 53.4 Å². The van der Waals surface area contributed by atoms with Crippen LogP contribution in [-0.2, 0) is 9.59 Å². The zero-order valence-corrected chi connectivity index (χ0v) is 14.4. The fourth-order valence-corrected chi connectivity index (χ4v) is 0.602. The highest BCUT2D eigenvalue weighted by Crippen LogP contribution is 2.10. The Balaban J connectivity index is -0.000000272. The van der Waals surface area contributed by atoms with E-state index < -0.39 is 18.2 Å². The van der Waals surface area contributed by atoms with Crippen LogP contribution in [-0.4, -0.2) is 62.1 Å². The average Bonchev–Trinajstić information content (AvgIpc) is 2.44. The van der Waals surface area contributed by atoms with Crippen LogP contribution in [0.4, 0.5) is 0 Å². The lowest BCUT2D eigenvalue weighted by atomic mass is 9.97. The molecule has 0 spiro atoms. The molecule has 0 aromatic carbocycles. The maximum atomic E-state index is 9.90. The Morgan fingerprint density at radius 3 is 1.22 bits per heavy atom. The molecular weight excluding hydrogens is 308 g/mol. The molecule has 0 fully saturated rings. The van der Waals surface area contributed by atoms with E-state index >= 15 is 0 Å². The van der Waals surface area contributed by atoms with Gasteiger partial charge in [-0.15, -0.1) is 0 Å². The fourth-order valence-electron chi connectivity index (χ4n) is 0.602. The van der Waals surface area contributed by atoms with E-state index in [-0.39, 0.29) is 37.4 Å². The summed E-state index contributed by atoms with van der Waals surface area (Å²) in [4.78, 5) is 19.8. The molecule has 23 heavy (non-hydrogen) atoms. The van der Waals surface area contributed by atoms with Gasteiger partial charge in [-0.2, -0.15) is 0 Å². The van der Waals surface area contributed by atoms with Crippen molar-refractivity contribution in [2.45, 2.75) is 59.7 Å². The summed E-state index contributed by atoms with van der Waals surface area (Å²) in [7, 11) is 0. The first-order chi connectivity index (χ1) is 10.4. The van der Waals surface area contributed by atoms with Crippen molar-refractivity contribution < 1.29 is 40.2 Å². The average molecular weight is 340 g/mol. The summed E-state index contributed by atoms with van der Waals surface area (Å²) in [5.41, 5.74) is -0.306. The highest BCUT2D eigenvalue weighted by atomic mass is 16.5. The third-order valence-electron chi connectivity index (χ3n) is 2.48. The number of carbonyl (C=O) groups is 2. The molecule has 0 aliphatic carbocycles. The van der Waals surface area contributed by atoms with Crippen molar-refractivity contribution in [2.75, 3.05) is 13.2 Å². The molecule has 0 aliphatic rings. The van der Waals surface area contributed by atoms with E-state index in [0.717, 1.165) is 0 Å². The van der Waals surface area contributed by atoms with Gasteiger partial charge >= 0.3 is 11.9 Å². The van der Waals surface area contributed by atoms with Crippen LogP contribution in [0.15, 0.2) is 0 Å². The SMILES string of the molecule is CC(C)(CO)CO.CC(C)C(O)O.O=C(O)CCCCC(=O)O. The molecule has 0 aromatic rings. The summed E-state index contributed by atoms with van der Waals surface area (Å²) < 4.78 is 0. The number of unbranched alkanes of at least 4 members (excludes halogenated alkanes) is 1. The Morgan fingerprint density at radius 2 is 1.13 bits per heavy atom. The molecule has 0 aliphatic heterocycles. The van der Waals surface area contributed by atoms with Crippen LogP contribution in [0.25, 0.3) is 0 Å². The lowest BCUT2D eigenvalue weighted by Crippen LogP contribution is -2.20. The second kappa shape index (κ2) is 15.7. The Morgan fingerprint density at radius 1 is 0.870 bits per heavy atom. The zero-order chi connectivity index (χ0) is 19.1. The Hall–Kier alpha value is -1.22. The number of carboxylic acids is 2. The summed E-state index contributed by atoms with van der Waals surface area (Å²) in [6, 6.07) is 0. The molecular formula is C15H32O8. The second-order valence-electron chi connectivity index (χ2n) is 6.13. The Kier molecular flexibility index (Phi) is 18.2. The molecule has 0 bridgehead atoms. The molecule has 0 radical (unpaired) electrons. The molecule has 0 saturated carbocycles. The molecule has 0 rings (SSSR count). The number of carboxylic acid groups (broad SMARTS) is 2. The van der Waals surface area contributed by atoms with Crippen LogP contribution in [0, 0.1) is 11.3 Å².